The summed E-state index contributed by atoms with van der Waals surface area (Å²) in [6, 6.07) is 15.7. The summed E-state index contributed by atoms with van der Waals surface area (Å²) in [4.78, 5) is 10.5. The zero-order valence-electron chi connectivity index (χ0n) is 18.3. The number of aliphatic imine (C=N–C) groups is 1. The molecule has 0 spiro atoms. The van der Waals surface area contributed by atoms with Crippen LogP contribution in [0.5, 0.6) is 5.88 Å². The van der Waals surface area contributed by atoms with Crippen molar-refractivity contribution in [3.8, 4) is 5.88 Å². The molecule has 0 saturated carbocycles. The predicted octanol–water partition coefficient (Wildman–Crippen LogP) is 5.51. The SMILES string of the molecule is Cc1ccoc1C(=Nc1ccc(CN2CCCCC2)cc1)c1c(O)[nH]c2cc(N)ccc12. The summed E-state index contributed by atoms with van der Waals surface area (Å²) in [6.45, 7) is 5.29. The van der Waals surface area contributed by atoms with Crippen molar-refractivity contribution in [3.05, 3.63) is 77.2 Å². The molecule has 6 heteroatoms. The molecule has 4 aromatic rings. The second-order valence-corrected chi connectivity index (χ2v) is 8.55. The highest BCUT2D eigenvalue weighted by Crippen LogP contribution is 2.33. The van der Waals surface area contributed by atoms with Gasteiger partial charge in [-0.25, -0.2) is 4.99 Å². The van der Waals surface area contributed by atoms with Crippen LogP contribution in [0.15, 0.2) is 64.2 Å². The van der Waals surface area contributed by atoms with E-state index in [1.165, 1.54) is 37.9 Å². The Labute approximate surface area is 187 Å². The number of nitrogen functional groups attached to an aromatic ring is 1. The molecule has 0 amide bonds. The van der Waals surface area contributed by atoms with E-state index in [-0.39, 0.29) is 5.88 Å². The van der Waals surface area contributed by atoms with Crippen LogP contribution in [-0.2, 0) is 6.54 Å². The van der Waals surface area contributed by atoms with Crippen LogP contribution in [0.4, 0.5) is 11.4 Å². The third kappa shape index (κ3) is 4.01. The van der Waals surface area contributed by atoms with Gasteiger partial charge in [0.1, 0.15) is 5.71 Å². The van der Waals surface area contributed by atoms with Gasteiger partial charge in [0.05, 0.1) is 23.0 Å². The van der Waals surface area contributed by atoms with Crippen molar-refractivity contribution in [1.29, 1.82) is 0 Å². The van der Waals surface area contributed by atoms with Crippen LogP contribution < -0.4 is 5.73 Å². The number of rotatable bonds is 5. The summed E-state index contributed by atoms with van der Waals surface area (Å²) in [5.41, 5.74) is 11.6. The fourth-order valence-corrected chi connectivity index (χ4v) is 4.46. The number of furan rings is 1. The molecule has 2 aromatic heterocycles. The number of nitrogens with zero attached hydrogens (tertiary/aromatic N) is 2. The lowest BCUT2D eigenvalue weighted by Gasteiger charge is -2.26. The Hall–Kier alpha value is -3.51. The van der Waals surface area contributed by atoms with Gasteiger partial charge >= 0.3 is 0 Å². The first-order chi connectivity index (χ1) is 15.6. The third-order valence-electron chi connectivity index (χ3n) is 6.15. The van der Waals surface area contributed by atoms with E-state index in [2.05, 4.69) is 22.0 Å². The molecule has 0 radical (unpaired) electrons. The number of aromatic hydroxyl groups is 1. The number of piperidine rings is 1. The van der Waals surface area contributed by atoms with Crippen LogP contribution >= 0.6 is 0 Å². The number of benzene rings is 2. The summed E-state index contributed by atoms with van der Waals surface area (Å²) in [5.74, 6) is 0.678. The fraction of sp³-hybridized carbons (Fsp3) is 0.269. The molecule has 0 unspecified atom stereocenters. The standard InChI is InChI=1S/C26H28N4O2/c1-17-11-14-32-25(17)24(23-21-10-7-19(27)15-22(21)29-26(23)31)28-20-8-5-18(6-9-20)16-30-12-3-2-4-13-30/h5-11,14-15,29,31H,2-4,12-13,16,27H2,1H3. The highest BCUT2D eigenvalue weighted by molar-refractivity contribution is 6.21. The van der Waals surface area contributed by atoms with Gasteiger partial charge in [-0.3, -0.25) is 4.90 Å². The maximum Gasteiger partial charge on any atom is 0.199 e. The molecule has 1 aliphatic rings. The van der Waals surface area contributed by atoms with Gasteiger partial charge in [-0.05, 0) is 80.4 Å². The number of aryl methyl sites for hydroxylation is 1. The topological polar surface area (TPSA) is 90.8 Å². The molecule has 1 aliphatic heterocycles. The van der Waals surface area contributed by atoms with Gasteiger partial charge in [-0.1, -0.05) is 18.6 Å². The molecule has 0 aliphatic carbocycles. The molecule has 4 N–H and O–H groups in total. The van der Waals surface area contributed by atoms with E-state index in [1.807, 2.05) is 37.3 Å². The average Bonchev–Trinajstić information content (AvgIpc) is 3.36. The summed E-state index contributed by atoms with van der Waals surface area (Å²) < 4.78 is 5.79. The number of likely N-dealkylation sites (tertiary alicyclic amines) is 1. The molecule has 164 valence electrons. The minimum atomic E-state index is 0.0434. The Balaban J connectivity index is 1.54. The summed E-state index contributed by atoms with van der Waals surface area (Å²) >= 11 is 0. The van der Waals surface area contributed by atoms with Crippen molar-refractivity contribution in [2.24, 2.45) is 4.99 Å². The van der Waals surface area contributed by atoms with E-state index in [0.29, 0.717) is 22.7 Å². The number of anilines is 1. The van der Waals surface area contributed by atoms with Crippen molar-refractivity contribution < 1.29 is 9.52 Å². The molecule has 0 atom stereocenters. The van der Waals surface area contributed by atoms with Crippen LogP contribution in [0.2, 0.25) is 0 Å². The smallest absolute Gasteiger partial charge is 0.199 e. The van der Waals surface area contributed by atoms with E-state index in [9.17, 15) is 5.11 Å². The number of hydrogen-bond donors (Lipinski definition) is 3. The van der Waals surface area contributed by atoms with Gasteiger partial charge in [-0.15, -0.1) is 0 Å². The van der Waals surface area contributed by atoms with Crippen molar-refractivity contribution in [2.75, 3.05) is 18.8 Å². The highest BCUT2D eigenvalue weighted by atomic mass is 16.3. The first-order valence-corrected chi connectivity index (χ1v) is 11.1. The van der Waals surface area contributed by atoms with Crippen molar-refractivity contribution in [1.82, 2.24) is 9.88 Å². The number of H-pyrrole nitrogens is 1. The van der Waals surface area contributed by atoms with Crippen molar-refractivity contribution in [3.63, 3.8) is 0 Å². The molecule has 3 heterocycles. The van der Waals surface area contributed by atoms with Crippen LogP contribution in [0.1, 0.15) is 41.7 Å². The zero-order chi connectivity index (χ0) is 22.1. The van der Waals surface area contributed by atoms with E-state index in [0.717, 1.165) is 28.7 Å². The normalized spacial score (nSPS) is 15.5. The monoisotopic (exact) mass is 428 g/mol. The largest absolute Gasteiger partial charge is 0.494 e. The number of nitrogens with one attached hydrogen (secondary N) is 1. The second kappa shape index (κ2) is 8.55. The molecule has 6 nitrogen and oxygen atoms in total. The van der Waals surface area contributed by atoms with E-state index < -0.39 is 0 Å². The molecular formula is C26H28N4O2. The fourth-order valence-electron chi connectivity index (χ4n) is 4.46. The summed E-state index contributed by atoms with van der Waals surface area (Å²) in [5, 5.41) is 11.6. The van der Waals surface area contributed by atoms with Crippen molar-refractivity contribution >= 4 is 28.0 Å². The quantitative estimate of drug-likeness (QED) is 0.289. The Bertz CT molecular complexity index is 1260. The first kappa shape index (κ1) is 20.4. The number of aromatic nitrogens is 1. The lowest BCUT2D eigenvalue weighted by atomic mass is 10.0. The first-order valence-electron chi connectivity index (χ1n) is 11.1. The average molecular weight is 429 g/mol. The van der Waals surface area contributed by atoms with Gasteiger partial charge < -0.3 is 20.2 Å². The van der Waals surface area contributed by atoms with E-state index in [1.54, 1.807) is 12.3 Å². The molecule has 1 fully saturated rings. The Morgan fingerprint density at radius 1 is 1.09 bits per heavy atom. The number of fused-ring (bicyclic) bond motifs is 1. The minimum absolute atomic E-state index is 0.0434. The third-order valence-corrected chi connectivity index (χ3v) is 6.15. The number of nitrogens with two attached hydrogens (primary N) is 1. The lowest BCUT2D eigenvalue weighted by Crippen LogP contribution is -2.28. The van der Waals surface area contributed by atoms with Crippen LogP contribution in [-0.4, -0.2) is 33.8 Å². The molecular weight excluding hydrogens is 400 g/mol. The molecule has 32 heavy (non-hydrogen) atoms. The number of aromatic amines is 1. The van der Waals surface area contributed by atoms with E-state index >= 15 is 0 Å². The molecule has 2 aromatic carbocycles. The zero-order valence-corrected chi connectivity index (χ0v) is 18.3. The van der Waals surface area contributed by atoms with Crippen LogP contribution in [0.3, 0.4) is 0 Å². The Morgan fingerprint density at radius 3 is 2.59 bits per heavy atom. The minimum Gasteiger partial charge on any atom is -0.494 e. The molecule has 1 saturated heterocycles. The molecule has 5 rings (SSSR count). The lowest BCUT2D eigenvalue weighted by molar-refractivity contribution is 0.221. The van der Waals surface area contributed by atoms with Crippen LogP contribution in [0, 0.1) is 6.92 Å². The van der Waals surface area contributed by atoms with Gasteiger partial charge in [0.15, 0.2) is 11.6 Å². The second-order valence-electron chi connectivity index (χ2n) is 8.55. The summed E-state index contributed by atoms with van der Waals surface area (Å²) in [6.07, 6.45) is 5.56. The highest BCUT2D eigenvalue weighted by Gasteiger charge is 2.22. The Kier molecular flexibility index (Phi) is 5.45. The van der Waals surface area contributed by atoms with Gasteiger partial charge in [-0.2, -0.15) is 0 Å². The van der Waals surface area contributed by atoms with Gasteiger partial charge in [0.2, 0.25) is 0 Å². The van der Waals surface area contributed by atoms with Crippen LogP contribution in [0.25, 0.3) is 10.9 Å². The maximum absolute atomic E-state index is 10.8. The van der Waals surface area contributed by atoms with Gasteiger partial charge in [0, 0.05) is 17.6 Å². The summed E-state index contributed by atoms with van der Waals surface area (Å²) in [7, 11) is 0. The van der Waals surface area contributed by atoms with Gasteiger partial charge in [0.25, 0.3) is 0 Å². The maximum atomic E-state index is 10.8. The Morgan fingerprint density at radius 2 is 1.88 bits per heavy atom. The van der Waals surface area contributed by atoms with E-state index in [4.69, 9.17) is 15.1 Å². The number of hydrogen-bond acceptors (Lipinski definition) is 5. The predicted molar refractivity (Wildman–Crippen MR) is 129 cm³/mol. The van der Waals surface area contributed by atoms with Crippen molar-refractivity contribution in [2.45, 2.75) is 32.7 Å². The molecule has 0 bridgehead atoms.